The molecule has 38 heavy (non-hydrogen) atoms. The summed E-state index contributed by atoms with van der Waals surface area (Å²) in [5.41, 5.74) is 4.06. The van der Waals surface area contributed by atoms with E-state index in [0.717, 1.165) is 51.6 Å². The van der Waals surface area contributed by atoms with Gasteiger partial charge in [-0.05, 0) is 103 Å². The molecule has 2 fully saturated rings. The summed E-state index contributed by atoms with van der Waals surface area (Å²) in [5.74, 6) is 2.81. The number of rotatable bonds is 13. The lowest BCUT2D eigenvalue weighted by Gasteiger charge is -2.53. The van der Waals surface area contributed by atoms with Crippen LogP contribution in [0.25, 0.3) is 0 Å². The second-order valence-electron chi connectivity index (χ2n) is 12.0. The van der Waals surface area contributed by atoms with Gasteiger partial charge in [-0.3, -0.25) is 0 Å². The highest BCUT2D eigenvalue weighted by Gasteiger charge is 2.56. The van der Waals surface area contributed by atoms with Crippen molar-refractivity contribution >= 4 is 0 Å². The van der Waals surface area contributed by atoms with Crippen molar-refractivity contribution in [1.82, 2.24) is 0 Å². The first-order valence-corrected chi connectivity index (χ1v) is 14.8. The molecule has 0 saturated heterocycles. The van der Waals surface area contributed by atoms with Gasteiger partial charge in [0.2, 0.25) is 0 Å². The first-order valence-electron chi connectivity index (χ1n) is 14.8. The molecule has 5 heteroatoms. The van der Waals surface area contributed by atoms with Crippen LogP contribution in [0.15, 0.2) is 48.5 Å². The van der Waals surface area contributed by atoms with E-state index < -0.39 is 0 Å². The summed E-state index contributed by atoms with van der Waals surface area (Å²) in [7, 11) is 0. The number of phenols is 1. The van der Waals surface area contributed by atoms with E-state index in [2.05, 4.69) is 25.1 Å². The average molecular weight is 523 g/mol. The fourth-order valence-corrected chi connectivity index (χ4v) is 7.85. The summed E-state index contributed by atoms with van der Waals surface area (Å²) < 4.78 is 17.1. The molecule has 5 nitrogen and oxygen atoms in total. The van der Waals surface area contributed by atoms with Crippen LogP contribution < -0.4 is 0 Å². The molecule has 2 saturated carbocycles. The largest absolute Gasteiger partial charge is 0.508 e. The maximum atomic E-state index is 10.8. The van der Waals surface area contributed by atoms with E-state index in [1.807, 2.05) is 30.3 Å². The molecule has 0 aliphatic heterocycles. The molecular weight excluding hydrogens is 476 g/mol. The van der Waals surface area contributed by atoms with Crippen molar-refractivity contribution in [3.8, 4) is 5.75 Å². The number of hydrogen-bond acceptors (Lipinski definition) is 5. The fourth-order valence-electron chi connectivity index (χ4n) is 7.85. The molecule has 0 bridgehead atoms. The zero-order valence-electron chi connectivity index (χ0n) is 23.0. The van der Waals surface area contributed by atoms with Gasteiger partial charge in [-0.25, -0.2) is 0 Å². The number of unbranched alkanes of at least 4 members (excludes halogenated alkanes) is 1. The number of benzene rings is 2. The molecule has 0 amide bonds. The SMILES string of the molecule is CC12CCC3c4ccc(O)cc4CC(CCCCOCCOCCOCc4ccccc4)C3C1CCC2O. The van der Waals surface area contributed by atoms with Gasteiger partial charge < -0.3 is 24.4 Å². The molecule has 6 atom stereocenters. The molecule has 0 heterocycles. The van der Waals surface area contributed by atoms with E-state index in [0.29, 0.717) is 62.5 Å². The minimum atomic E-state index is -0.152. The lowest BCUT2D eigenvalue weighted by atomic mass is 9.52. The molecular formula is C33H46O5. The number of ether oxygens (including phenoxy) is 3. The quantitative estimate of drug-likeness (QED) is 0.304. The van der Waals surface area contributed by atoms with Gasteiger partial charge in [-0.15, -0.1) is 0 Å². The second kappa shape index (κ2) is 13.0. The van der Waals surface area contributed by atoms with Gasteiger partial charge in [0.15, 0.2) is 0 Å². The molecule has 0 spiro atoms. The van der Waals surface area contributed by atoms with Gasteiger partial charge in [0.05, 0.1) is 39.1 Å². The van der Waals surface area contributed by atoms with E-state index in [1.165, 1.54) is 23.1 Å². The molecule has 6 unspecified atom stereocenters. The van der Waals surface area contributed by atoms with Crippen molar-refractivity contribution in [2.24, 2.45) is 23.2 Å². The lowest BCUT2D eigenvalue weighted by molar-refractivity contribution is -0.0399. The number of fused-ring (bicyclic) bond motifs is 5. The average Bonchev–Trinajstić information content (AvgIpc) is 3.23. The van der Waals surface area contributed by atoms with E-state index in [9.17, 15) is 10.2 Å². The van der Waals surface area contributed by atoms with Crippen LogP contribution in [0.1, 0.15) is 74.5 Å². The fraction of sp³-hybridized carbons (Fsp3) is 0.636. The minimum absolute atomic E-state index is 0.0730. The van der Waals surface area contributed by atoms with Crippen molar-refractivity contribution in [1.29, 1.82) is 0 Å². The van der Waals surface area contributed by atoms with Crippen molar-refractivity contribution in [3.63, 3.8) is 0 Å². The van der Waals surface area contributed by atoms with Crippen molar-refractivity contribution < 1.29 is 24.4 Å². The Morgan fingerprint density at radius 3 is 2.45 bits per heavy atom. The molecule has 208 valence electrons. The predicted molar refractivity (Wildman–Crippen MR) is 149 cm³/mol. The summed E-state index contributed by atoms with van der Waals surface area (Å²) in [6, 6.07) is 16.2. The molecule has 0 aromatic heterocycles. The van der Waals surface area contributed by atoms with Crippen LogP contribution >= 0.6 is 0 Å². The first-order chi connectivity index (χ1) is 18.6. The van der Waals surface area contributed by atoms with Gasteiger partial charge in [-0.2, -0.15) is 0 Å². The standard InChI is InChI=1S/C33H46O5/c1-33-15-14-29-28-11-10-27(34)22-26(28)21-25(32(29)30(33)12-13-31(33)35)9-5-6-16-36-17-18-37-19-20-38-23-24-7-3-2-4-8-24/h2-4,7-8,10-11,22,25,29-32,34-35H,5-6,9,12-21,23H2,1H3. The van der Waals surface area contributed by atoms with Gasteiger partial charge >= 0.3 is 0 Å². The summed E-state index contributed by atoms with van der Waals surface area (Å²) in [6.45, 7) is 6.15. The molecule has 3 aliphatic rings. The monoisotopic (exact) mass is 522 g/mol. The van der Waals surface area contributed by atoms with Crippen LogP contribution in [-0.4, -0.2) is 49.4 Å². The normalized spacial score (nSPS) is 30.0. The minimum Gasteiger partial charge on any atom is -0.508 e. The van der Waals surface area contributed by atoms with Crippen LogP contribution in [0, 0.1) is 23.2 Å². The maximum absolute atomic E-state index is 10.8. The molecule has 5 rings (SSSR count). The van der Waals surface area contributed by atoms with Crippen molar-refractivity contribution in [2.75, 3.05) is 33.0 Å². The van der Waals surface area contributed by atoms with Gasteiger partial charge in [0, 0.05) is 6.61 Å². The first kappa shape index (κ1) is 27.6. The van der Waals surface area contributed by atoms with Crippen molar-refractivity contribution in [2.45, 2.75) is 76.9 Å². The summed E-state index contributed by atoms with van der Waals surface area (Å²) >= 11 is 0. The summed E-state index contributed by atoms with van der Waals surface area (Å²) in [6.07, 6.45) is 8.68. The maximum Gasteiger partial charge on any atom is 0.115 e. The van der Waals surface area contributed by atoms with E-state index in [4.69, 9.17) is 14.2 Å². The molecule has 0 radical (unpaired) electrons. The Bertz CT molecular complexity index is 1010. The third-order valence-electron chi connectivity index (χ3n) is 9.80. The van der Waals surface area contributed by atoms with E-state index in [1.54, 1.807) is 0 Å². The topological polar surface area (TPSA) is 68.2 Å². The van der Waals surface area contributed by atoms with Crippen LogP contribution in [0.2, 0.25) is 0 Å². The summed E-state index contributed by atoms with van der Waals surface area (Å²) in [5, 5.41) is 21.0. The highest BCUT2D eigenvalue weighted by Crippen LogP contribution is 2.62. The van der Waals surface area contributed by atoms with Gasteiger partial charge in [0.1, 0.15) is 5.75 Å². The third-order valence-corrected chi connectivity index (χ3v) is 9.80. The zero-order chi connectivity index (χ0) is 26.4. The Kier molecular flexibility index (Phi) is 9.42. The Balaban J connectivity index is 1.02. The highest BCUT2D eigenvalue weighted by atomic mass is 16.5. The van der Waals surface area contributed by atoms with Gasteiger partial charge in [0.25, 0.3) is 0 Å². The number of aliphatic hydroxyl groups excluding tert-OH is 1. The Morgan fingerprint density at radius 1 is 0.868 bits per heavy atom. The van der Waals surface area contributed by atoms with Crippen LogP contribution in [0.3, 0.4) is 0 Å². The van der Waals surface area contributed by atoms with E-state index >= 15 is 0 Å². The number of aromatic hydroxyl groups is 1. The summed E-state index contributed by atoms with van der Waals surface area (Å²) in [4.78, 5) is 0. The van der Waals surface area contributed by atoms with E-state index in [-0.39, 0.29) is 11.5 Å². The van der Waals surface area contributed by atoms with Crippen LogP contribution in [0.4, 0.5) is 0 Å². The number of hydrogen-bond donors (Lipinski definition) is 2. The number of aliphatic hydroxyl groups is 1. The van der Waals surface area contributed by atoms with Crippen molar-refractivity contribution in [3.05, 3.63) is 65.2 Å². The van der Waals surface area contributed by atoms with Crippen LogP contribution in [0.5, 0.6) is 5.75 Å². The smallest absolute Gasteiger partial charge is 0.115 e. The molecule has 3 aliphatic carbocycles. The second-order valence-corrected chi connectivity index (χ2v) is 12.0. The molecule has 2 aromatic rings. The third kappa shape index (κ3) is 6.28. The molecule has 2 N–H and O–H groups in total. The Morgan fingerprint density at radius 2 is 1.63 bits per heavy atom. The molecule has 2 aromatic carbocycles. The predicted octanol–water partition coefficient (Wildman–Crippen LogP) is 6.26. The zero-order valence-corrected chi connectivity index (χ0v) is 23.0. The highest BCUT2D eigenvalue weighted by molar-refractivity contribution is 5.40. The Hall–Kier alpha value is -1.92. The number of phenolic OH excluding ortho intramolecular Hbond substituents is 1. The van der Waals surface area contributed by atoms with Gasteiger partial charge in [-0.1, -0.05) is 49.7 Å². The Labute approximate surface area is 228 Å². The lowest BCUT2D eigenvalue weighted by Crippen LogP contribution is -2.47. The van der Waals surface area contributed by atoms with Crippen LogP contribution in [-0.2, 0) is 27.2 Å².